The van der Waals surface area contributed by atoms with Gasteiger partial charge >= 0.3 is 0 Å². The first-order valence-electron chi connectivity index (χ1n) is 6.04. The highest BCUT2D eigenvalue weighted by molar-refractivity contribution is 5.96. The highest BCUT2D eigenvalue weighted by atomic mass is 16.1. The Labute approximate surface area is 95.8 Å². The molecule has 2 rings (SSSR count). The third kappa shape index (κ3) is 1.89. The monoisotopic (exact) mass is 221 g/mol. The van der Waals surface area contributed by atoms with E-state index in [-0.39, 0.29) is 11.7 Å². The quantitative estimate of drug-likeness (QED) is 0.783. The molecule has 0 amide bonds. The maximum Gasteiger partial charge on any atom is 0.184 e. The van der Waals surface area contributed by atoms with E-state index in [1.165, 1.54) is 0 Å². The van der Waals surface area contributed by atoms with Gasteiger partial charge in [-0.1, -0.05) is 6.42 Å². The number of carbonyl (C=O) groups is 1. The highest BCUT2D eigenvalue weighted by Gasteiger charge is 2.33. The Morgan fingerprint density at radius 3 is 3.12 bits per heavy atom. The van der Waals surface area contributed by atoms with E-state index < -0.39 is 0 Å². The normalized spacial score (nSPS) is 24.9. The number of rotatable bonds is 4. The Kier molecular flexibility index (Phi) is 3.39. The molecule has 1 aromatic rings. The molecule has 2 unspecified atom stereocenters. The Morgan fingerprint density at radius 1 is 1.62 bits per heavy atom. The molecule has 1 aliphatic rings. The van der Waals surface area contributed by atoms with Gasteiger partial charge < -0.3 is 5.73 Å². The van der Waals surface area contributed by atoms with E-state index in [9.17, 15) is 4.79 Å². The highest BCUT2D eigenvalue weighted by Crippen LogP contribution is 2.33. The minimum atomic E-state index is 0.118. The summed E-state index contributed by atoms with van der Waals surface area (Å²) < 4.78 is 1.77. The van der Waals surface area contributed by atoms with E-state index in [4.69, 9.17) is 5.73 Å². The Morgan fingerprint density at radius 2 is 2.44 bits per heavy atom. The molecule has 2 N–H and O–H groups in total. The van der Waals surface area contributed by atoms with E-state index >= 15 is 0 Å². The molecule has 0 aliphatic heterocycles. The molecule has 1 fully saturated rings. The van der Waals surface area contributed by atoms with Gasteiger partial charge in [0.05, 0.1) is 0 Å². The minimum absolute atomic E-state index is 0.118. The van der Waals surface area contributed by atoms with Crippen LogP contribution in [0.15, 0.2) is 12.3 Å². The number of nitrogens with two attached hydrogens (primary N) is 1. The third-order valence-corrected chi connectivity index (χ3v) is 3.57. The van der Waals surface area contributed by atoms with Crippen LogP contribution < -0.4 is 5.73 Å². The van der Waals surface area contributed by atoms with Crippen LogP contribution in [0.4, 0.5) is 0 Å². The van der Waals surface area contributed by atoms with E-state index in [0.29, 0.717) is 12.5 Å². The van der Waals surface area contributed by atoms with Crippen LogP contribution in [-0.4, -0.2) is 22.1 Å². The average molecular weight is 221 g/mol. The van der Waals surface area contributed by atoms with Gasteiger partial charge in [-0.05, 0) is 38.3 Å². The van der Waals surface area contributed by atoms with Crippen LogP contribution in [-0.2, 0) is 6.54 Å². The van der Waals surface area contributed by atoms with Crippen molar-refractivity contribution in [2.75, 3.05) is 6.54 Å². The van der Waals surface area contributed by atoms with Gasteiger partial charge in [-0.3, -0.25) is 9.48 Å². The van der Waals surface area contributed by atoms with Crippen molar-refractivity contribution in [2.24, 2.45) is 17.6 Å². The SMILES string of the molecule is CCn1nccc1C(=O)C1CCCC1CN. The lowest BCUT2D eigenvalue weighted by Crippen LogP contribution is -2.26. The third-order valence-electron chi connectivity index (χ3n) is 3.57. The molecule has 2 atom stereocenters. The number of hydrogen-bond acceptors (Lipinski definition) is 3. The fraction of sp³-hybridized carbons (Fsp3) is 0.667. The van der Waals surface area contributed by atoms with Gasteiger partial charge in [0.2, 0.25) is 0 Å². The van der Waals surface area contributed by atoms with Gasteiger partial charge in [0.25, 0.3) is 0 Å². The topological polar surface area (TPSA) is 60.9 Å². The van der Waals surface area contributed by atoms with Gasteiger partial charge in [-0.15, -0.1) is 0 Å². The summed E-state index contributed by atoms with van der Waals surface area (Å²) in [6.07, 6.45) is 4.89. The second kappa shape index (κ2) is 4.78. The fourth-order valence-corrected chi connectivity index (χ4v) is 2.65. The van der Waals surface area contributed by atoms with E-state index in [1.807, 2.05) is 13.0 Å². The summed E-state index contributed by atoms with van der Waals surface area (Å²) in [5.41, 5.74) is 6.45. The first kappa shape index (κ1) is 11.3. The molecule has 88 valence electrons. The van der Waals surface area contributed by atoms with Crippen molar-refractivity contribution in [1.29, 1.82) is 0 Å². The zero-order valence-corrected chi connectivity index (χ0v) is 9.72. The number of carbonyl (C=O) groups excluding carboxylic acids is 1. The van der Waals surface area contributed by atoms with E-state index in [1.54, 1.807) is 10.9 Å². The summed E-state index contributed by atoms with van der Waals surface area (Å²) >= 11 is 0. The van der Waals surface area contributed by atoms with Crippen LogP contribution in [0.3, 0.4) is 0 Å². The van der Waals surface area contributed by atoms with Gasteiger partial charge in [0, 0.05) is 18.7 Å². The van der Waals surface area contributed by atoms with Gasteiger partial charge in [-0.25, -0.2) is 0 Å². The number of aromatic nitrogens is 2. The Balaban J connectivity index is 2.18. The number of hydrogen-bond donors (Lipinski definition) is 1. The molecule has 0 saturated heterocycles. The standard InChI is InChI=1S/C12H19N3O/c1-2-15-11(6-7-14-15)12(16)10-5-3-4-9(10)8-13/h6-7,9-10H,2-5,8,13H2,1H3. The lowest BCUT2D eigenvalue weighted by molar-refractivity contribution is 0.0882. The van der Waals surface area contributed by atoms with Crippen LogP contribution in [0.25, 0.3) is 0 Å². The first-order valence-corrected chi connectivity index (χ1v) is 6.04. The van der Waals surface area contributed by atoms with Crippen molar-refractivity contribution in [3.8, 4) is 0 Å². The average Bonchev–Trinajstić information content (AvgIpc) is 2.96. The van der Waals surface area contributed by atoms with Crippen molar-refractivity contribution < 1.29 is 4.79 Å². The van der Waals surface area contributed by atoms with Crippen LogP contribution in [0.5, 0.6) is 0 Å². The number of Topliss-reactive ketones (excluding diaryl/α,β-unsaturated/α-hetero) is 1. The summed E-state index contributed by atoms with van der Waals surface area (Å²) in [6.45, 7) is 3.36. The molecular formula is C12H19N3O. The smallest absolute Gasteiger partial charge is 0.184 e. The lowest BCUT2D eigenvalue weighted by atomic mass is 9.90. The van der Waals surface area contributed by atoms with Crippen molar-refractivity contribution in [3.05, 3.63) is 18.0 Å². The number of nitrogens with zero attached hydrogens (tertiary/aromatic N) is 2. The summed E-state index contributed by atoms with van der Waals surface area (Å²) in [6, 6.07) is 1.82. The summed E-state index contributed by atoms with van der Waals surface area (Å²) in [5, 5.41) is 4.14. The maximum absolute atomic E-state index is 12.3. The number of ketones is 1. The summed E-state index contributed by atoms with van der Waals surface area (Å²) in [4.78, 5) is 12.3. The Bertz CT molecular complexity index is 372. The second-order valence-corrected chi connectivity index (χ2v) is 4.43. The molecule has 0 bridgehead atoms. The van der Waals surface area contributed by atoms with Crippen LogP contribution >= 0.6 is 0 Å². The zero-order chi connectivity index (χ0) is 11.5. The van der Waals surface area contributed by atoms with E-state index in [2.05, 4.69) is 5.10 Å². The van der Waals surface area contributed by atoms with Crippen molar-refractivity contribution in [3.63, 3.8) is 0 Å². The van der Waals surface area contributed by atoms with Crippen molar-refractivity contribution in [2.45, 2.75) is 32.7 Å². The second-order valence-electron chi connectivity index (χ2n) is 4.43. The summed E-state index contributed by atoms with van der Waals surface area (Å²) in [5.74, 6) is 0.715. The molecule has 1 aromatic heterocycles. The zero-order valence-electron chi connectivity index (χ0n) is 9.72. The minimum Gasteiger partial charge on any atom is -0.330 e. The molecule has 0 radical (unpaired) electrons. The van der Waals surface area contributed by atoms with Crippen LogP contribution in [0.1, 0.15) is 36.7 Å². The van der Waals surface area contributed by atoms with Gasteiger partial charge in [0.15, 0.2) is 5.78 Å². The molecule has 4 nitrogen and oxygen atoms in total. The van der Waals surface area contributed by atoms with Crippen molar-refractivity contribution >= 4 is 5.78 Å². The van der Waals surface area contributed by atoms with Gasteiger partial charge in [-0.2, -0.15) is 5.10 Å². The molecule has 16 heavy (non-hydrogen) atoms. The molecule has 1 heterocycles. The molecule has 0 spiro atoms. The van der Waals surface area contributed by atoms with Crippen molar-refractivity contribution in [1.82, 2.24) is 9.78 Å². The molecular weight excluding hydrogens is 202 g/mol. The summed E-state index contributed by atoms with van der Waals surface area (Å²) in [7, 11) is 0. The molecule has 1 saturated carbocycles. The van der Waals surface area contributed by atoms with Gasteiger partial charge in [0.1, 0.15) is 5.69 Å². The fourth-order valence-electron chi connectivity index (χ4n) is 2.65. The molecule has 1 aliphatic carbocycles. The first-order chi connectivity index (χ1) is 7.77. The maximum atomic E-state index is 12.3. The largest absolute Gasteiger partial charge is 0.330 e. The predicted molar refractivity (Wildman–Crippen MR) is 62.1 cm³/mol. The Hall–Kier alpha value is -1.16. The number of aryl methyl sites for hydroxylation is 1. The van der Waals surface area contributed by atoms with Crippen LogP contribution in [0, 0.1) is 11.8 Å². The molecule has 0 aromatic carbocycles. The molecule has 4 heteroatoms. The van der Waals surface area contributed by atoms with Crippen LogP contribution in [0.2, 0.25) is 0 Å². The van der Waals surface area contributed by atoms with E-state index in [0.717, 1.165) is 31.5 Å². The predicted octanol–water partition coefficient (Wildman–Crippen LogP) is 1.46. The lowest BCUT2D eigenvalue weighted by Gasteiger charge is -2.16.